The summed E-state index contributed by atoms with van der Waals surface area (Å²) in [5.74, 6) is -1.38. The number of hydrogen-bond acceptors (Lipinski definition) is 3. The first-order valence-electron chi connectivity index (χ1n) is 10.1. The van der Waals surface area contributed by atoms with E-state index < -0.39 is 23.9 Å². The van der Waals surface area contributed by atoms with Crippen molar-refractivity contribution in [2.75, 3.05) is 0 Å². The van der Waals surface area contributed by atoms with Crippen molar-refractivity contribution in [3.63, 3.8) is 0 Å². The molecule has 0 saturated carbocycles. The normalized spacial score (nSPS) is 13.2. The summed E-state index contributed by atoms with van der Waals surface area (Å²) >= 11 is 0. The van der Waals surface area contributed by atoms with E-state index in [1.165, 1.54) is 12.5 Å². The first kappa shape index (κ1) is 23.1. The fourth-order valence-corrected chi connectivity index (χ4v) is 3.18. The van der Waals surface area contributed by atoms with Gasteiger partial charge in [0.2, 0.25) is 17.7 Å². The Labute approximate surface area is 178 Å². The lowest BCUT2D eigenvalue weighted by atomic mass is 9.86. The predicted octanol–water partition coefficient (Wildman–Crippen LogP) is 2.24. The third-order valence-corrected chi connectivity index (χ3v) is 4.90. The molecule has 0 aliphatic rings. The molecular weight excluding hydrogens is 378 g/mol. The van der Waals surface area contributed by atoms with Crippen LogP contribution >= 0.6 is 0 Å². The van der Waals surface area contributed by atoms with E-state index in [-0.39, 0.29) is 17.7 Å². The van der Waals surface area contributed by atoms with Gasteiger partial charge in [0.25, 0.3) is 0 Å². The van der Waals surface area contributed by atoms with E-state index in [4.69, 9.17) is 5.73 Å². The van der Waals surface area contributed by atoms with Crippen LogP contribution in [-0.4, -0.2) is 29.8 Å². The first-order valence-corrected chi connectivity index (χ1v) is 10.1. The fourth-order valence-electron chi connectivity index (χ4n) is 3.18. The van der Waals surface area contributed by atoms with E-state index in [2.05, 4.69) is 31.4 Å². The van der Waals surface area contributed by atoms with Crippen LogP contribution < -0.4 is 16.4 Å². The third kappa shape index (κ3) is 7.03. The summed E-state index contributed by atoms with van der Waals surface area (Å²) in [6.45, 7) is 7.74. The van der Waals surface area contributed by atoms with Crippen molar-refractivity contribution in [2.45, 2.75) is 58.0 Å². The molecule has 0 heterocycles. The first-order chi connectivity index (χ1) is 14.1. The Hall–Kier alpha value is -3.15. The molecular formula is C24H31N3O3. The Morgan fingerprint density at radius 2 is 1.37 bits per heavy atom. The molecule has 160 valence electrons. The van der Waals surface area contributed by atoms with E-state index in [1.54, 1.807) is 0 Å². The zero-order valence-electron chi connectivity index (χ0n) is 18.1. The zero-order valence-corrected chi connectivity index (χ0v) is 18.1. The molecule has 0 radical (unpaired) electrons. The fraction of sp³-hybridized carbons (Fsp3) is 0.375. The molecule has 0 bridgehead atoms. The molecule has 6 nitrogen and oxygen atoms in total. The van der Waals surface area contributed by atoms with Gasteiger partial charge in [0.1, 0.15) is 12.1 Å². The van der Waals surface area contributed by atoms with Crippen molar-refractivity contribution >= 4 is 17.7 Å². The van der Waals surface area contributed by atoms with Crippen LogP contribution in [-0.2, 0) is 32.6 Å². The van der Waals surface area contributed by atoms with E-state index in [0.717, 1.165) is 11.1 Å². The summed E-state index contributed by atoms with van der Waals surface area (Å²) in [5, 5.41) is 5.36. The second-order valence-electron chi connectivity index (χ2n) is 8.56. The highest BCUT2D eigenvalue weighted by Gasteiger charge is 2.25. The SMILES string of the molecule is CC(=O)N[C@H](Cc1ccccc1)C(=O)N[C@@H](Cc1ccc(C(C)(C)C)cc1)C(N)=O. The van der Waals surface area contributed by atoms with Gasteiger partial charge in [-0.05, 0) is 22.1 Å². The van der Waals surface area contributed by atoms with Crippen molar-refractivity contribution in [2.24, 2.45) is 5.73 Å². The van der Waals surface area contributed by atoms with Crippen molar-refractivity contribution in [3.8, 4) is 0 Å². The number of primary amides is 1. The molecule has 2 atom stereocenters. The van der Waals surface area contributed by atoms with Crippen molar-refractivity contribution in [3.05, 3.63) is 71.3 Å². The average molecular weight is 410 g/mol. The lowest BCUT2D eigenvalue weighted by Crippen LogP contribution is -2.54. The Bertz CT molecular complexity index is 871. The van der Waals surface area contributed by atoms with Gasteiger partial charge in [-0.2, -0.15) is 0 Å². The zero-order chi connectivity index (χ0) is 22.3. The molecule has 0 aliphatic heterocycles. The minimum Gasteiger partial charge on any atom is -0.368 e. The quantitative estimate of drug-likeness (QED) is 0.623. The lowest BCUT2D eigenvalue weighted by molar-refractivity contribution is -0.130. The van der Waals surface area contributed by atoms with Crippen molar-refractivity contribution in [1.82, 2.24) is 10.6 Å². The van der Waals surface area contributed by atoms with Gasteiger partial charge >= 0.3 is 0 Å². The minimum atomic E-state index is -0.870. The Morgan fingerprint density at radius 1 is 0.833 bits per heavy atom. The largest absolute Gasteiger partial charge is 0.368 e. The Balaban J connectivity index is 2.11. The van der Waals surface area contributed by atoms with E-state index in [9.17, 15) is 14.4 Å². The molecule has 2 aromatic rings. The number of carbonyl (C=O) groups excluding carboxylic acids is 3. The molecule has 0 aliphatic carbocycles. The van der Waals surface area contributed by atoms with Gasteiger partial charge in [0.15, 0.2) is 0 Å². The summed E-state index contributed by atoms with van der Waals surface area (Å²) in [6, 6.07) is 15.6. The van der Waals surface area contributed by atoms with Gasteiger partial charge in [-0.3, -0.25) is 14.4 Å². The standard InChI is InChI=1S/C24H31N3O3/c1-16(28)26-21(15-17-8-6-5-7-9-17)23(30)27-20(22(25)29)14-18-10-12-19(13-11-18)24(2,3)4/h5-13,20-21H,14-15H2,1-4H3,(H2,25,29)(H,26,28)(H,27,30)/t20-,21+/m0/s1. The summed E-state index contributed by atoms with van der Waals surface area (Å²) in [5.41, 5.74) is 8.55. The summed E-state index contributed by atoms with van der Waals surface area (Å²) in [7, 11) is 0. The smallest absolute Gasteiger partial charge is 0.243 e. The number of amides is 3. The molecule has 2 rings (SSSR count). The average Bonchev–Trinajstić information content (AvgIpc) is 2.67. The molecule has 0 saturated heterocycles. The van der Waals surface area contributed by atoms with Gasteiger partial charge in [-0.1, -0.05) is 75.4 Å². The maximum absolute atomic E-state index is 12.8. The van der Waals surface area contributed by atoms with Crippen LogP contribution in [0.15, 0.2) is 54.6 Å². The highest BCUT2D eigenvalue weighted by molar-refractivity contribution is 5.91. The molecule has 0 fully saturated rings. The highest BCUT2D eigenvalue weighted by atomic mass is 16.2. The molecule has 2 aromatic carbocycles. The monoisotopic (exact) mass is 409 g/mol. The van der Waals surface area contributed by atoms with Gasteiger partial charge in [0.05, 0.1) is 0 Å². The second-order valence-corrected chi connectivity index (χ2v) is 8.56. The summed E-state index contributed by atoms with van der Waals surface area (Å²) in [6.07, 6.45) is 0.599. The molecule has 30 heavy (non-hydrogen) atoms. The second kappa shape index (κ2) is 10.1. The molecule has 0 aromatic heterocycles. The lowest BCUT2D eigenvalue weighted by Gasteiger charge is -2.22. The van der Waals surface area contributed by atoms with Crippen LogP contribution in [0.25, 0.3) is 0 Å². The third-order valence-electron chi connectivity index (χ3n) is 4.90. The van der Waals surface area contributed by atoms with Gasteiger partial charge in [0, 0.05) is 19.8 Å². The van der Waals surface area contributed by atoms with Crippen LogP contribution in [0.5, 0.6) is 0 Å². The topological polar surface area (TPSA) is 101 Å². The number of nitrogens with one attached hydrogen (secondary N) is 2. The van der Waals surface area contributed by atoms with E-state index in [0.29, 0.717) is 6.42 Å². The predicted molar refractivity (Wildman–Crippen MR) is 118 cm³/mol. The van der Waals surface area contributed by atoms with Gasteiger partial charge in [-0.25, -0.2) is 0 Å². The van der Waals surface area contributed by atoms with Crippen LogP contribution in [0.3, 0.4) is 0 Å². The molecule has 6 heteroatoms. The van der Waals surface area contributed by atoms with Crippen LogP contribution in [0.4, 0.5) is 0 Å². The molecule has 0 unspecified atom stereocenters. The number of nitrogens with two attached hydrogens (primary N) is 1. The minimum absolute atomic E-state index is 0.0266. The Morgan fingerprint density at radius 3 is 1.87 bits per heavy atom. The highest BCUT2D eigenvalue weighted by Crippen LogP contribution is 2.22. The molecule has 3 amide bonds. The number of carbonyl (C=O) groups is 3. The maximum atomic E-state index is 12.8. The summed E-state index contributed by atoms with van der Waals surface area (Å²) in [4.78, 5) is 36.4. The van der Waals surface area contributed by atoms with Gasteiger partial charge < -0.3 is 16.4 Å². The van der Waals surface area contributed by atoms with Crippen LogP contribution in [0.1, 0.15) is 44.4 Å². The Kier molecular flexibility index (Phi) is 7.75. The van der Waals surface area contributed by atoms with Crippen LogP contribution in [0, 0.1) is 0 Å². The number of benzene rings is 2. The summed E-state index contributed by atoms with van der Waals surface area (Å²) < 4.78 is 0. The molecule has 4 N–H and O–H groups in total. The van der Waals surface area contributed by atoms with Crippen molar-refractivity contribution in [1.29, 1.82) is 0 Å². The van der Waals surface area contributed by atoms with Gasteiger partial charge in [-0.15, -0.1) is 0 Å². The van der Waals surface area contributed by atoms with E-state index in [1.807, 2.05) is 54.6 Å². The van der Waals surface area contributed by atoms with E-state index >= 15 is 0 Å². The number of rotatable bonds is 8. The molecule has 0 spiro atoms. The van der Waals surface area contributed by atoms with Crippen LogP contribution in [0.2, 0.25) is 0 Å². The maximum Gasteiger partial charge on any atom is 0.243 e. The number of hydrogen-bond donors (Lipinski definition) is 3. The van der Waals surface area contributed by atoms with Crippen molar-refractivity contribution < 1.29 is 14.4 Å².